The molecule has 144 valence electrons. The first-order valence-corrected chi connectivity index (χ1v) is 9.66. The van der Waals surface area contributed by atoms with Crippen LogP contribution in [0.15, 0.2) is 42.6 Å². The monoisotopic (exact) mass is 397 g/mol. The minimum absolute atomic E-state index is 0.187. The van der Waals surface area contributed by atoms with Crippen LogP contribution in [-0.4, -0.2) is 60.2 Å². The Morgan fingerprint density at radius 3 is 2.71 bits per heavy atom. The smallest absolute Gasteiger partial charge is 0.337 e. The quantitative estimate of drug-likeness (QED) is 0.684. The molecule has 0 radical (unpaired) electrons. The maximum Gasteiger partial charge on any atom is 0.337 e. The fraction of sp³-hybridized carbons (Fsp3) is 0.263. The van der Waals surface area contributed by atoms with Crippen molar-refractivity contribution in [1.82, 2.24) is 14.9 Å². The van der Waals surface area contributed by atoms with Gasteiger partial charge in [0.15, 0.2) is 5.13 Å². The van der Waals surface area contributed by atoms with Crippen LogP contribution in [0.1, 0.15) is 10.4 Å². The zero-order chi connectivity index (χ0) is 19.5. The number of thiazole rings is 1. The van der Waals surface area contributed by atoms with E-state index in [1.165, 1.54) is 7.11 Å². The molecule has 2 aromatic heterocycles. The fourth-order valence-electron chi connectivity index (χ4n) is 3.04. The number of ether oxygens (including phenoxy) is 1. The van der Waals surface area contributed by atoms with E-state index in [1.54, 1.807) is 46.7 Å². The third-order valence-electron chi connectivity index (χ3n) is 4.53. The van der Waals surface area contributed by atoms with Gasteiger partial charge in [-0.05, 0) is 30.3 Å². The number of benzene rings is 1. The van der Waals surface area contributed by atoms with E-state index in [9.17, 15) is 9.59 Å². The molecule has 0 aliphatic carbocycles. The van der Waals surface area contributed by atoms with E-state index in [-0.39, 0.29) is 6.03 Å². The topological polar surface area (TPSA) is 87.7 Å². The van der Waals surface area contributed by atoms with Gasteiger partial charge in [0.25, 0.3) is 0 Å². The lowest BCUT2D eigenvalue weighted by molar-refractivity contribution is 0.0600. The molecule has 3 aromatic rings. The average Bonchev–Trinajstić information content (AvgIpc) is 3.18. The van der Waals surface area contributed by atoms with Gasteiger partial charge in [0.1, 0.15) is 10.3 Å². The van der Waals surface area contributed by atoms with Crippen molar-refractivity contribution in [2.45, 2.75) is 0 Å². The number of piperazine rings is 1. The Labute approximate surface area is 165 Å². The Morgan fingerprint density at radius 2 is 1.96 bits per heavy atom. The maximum atomic E-state index is 12.6. The number of amides is 2. The van der Waals surface area contributed by atoms with E-state index >= 15 is 0 Å². The van der Waals surface area contributed by atoms with Gasteiger partial charge in [0.2, 0.25) is 0 Å². The zero-order valence-electron chi connectivity index (χ0n) is 15.3. The van der Waals surface area contributed by atoms with Crippen LogP contribution in [0.3, 0.4) is 0 Å². The van der Waals surface area contributed by atoms with Crippen molar-refractivity contribution in [2.24, 2.45) is 0 Å². The van der Waals surface area contributed by atoms with Crippen molar-refractivity contribution >= 4 is 44.5 Å². The summed E-state index contributed by atoms with van der Waals surface area (Å²) in [5.74, 6) is -0.435. The molecule has 4 rings (SSSR count). The van der Waals surface area contributed by atoms with Gasteiger partial charge in [-0.15, -0.1) is 0 Å². The molecule has 28 heavy (non-hydrogen) atoms. The largest absolute Gasteiger partial charge is 0.465 e. The number of anilines is 2. The summed E-state index contributed by atoms with van der Waals surface area (Å²) in [5, 5.41) is 3.77. The second-order valence-corrected chi connectivity index (χ2v) is 7.26. The lowest BCUT2D eigenvalue weighted by atomic mass is 10.2. The van der Waals surface area contributed by atoms with Gasteiger partial charge in [0, 0.05) is 38.1 Å². The third kappa shape index (κ3) is 3.74. The average molecular weight is 397 g/mol. The molecule has 0 saturated carbocycles. The molecule has 9 heteroatoms. The van der Waals surface area contributed by atoms with Crippen molar-refractivity contribution in [3.8, 4) is 0 Å². The van der Waals surface area contributed by atoms with Crippen molar-refractivity contribution in [2.75, 3.05) is 43.5 Å². The predicted molar refractivity (Wildman–Crippen MR) is 108 cm³/mol. The Kier molecular flexibility index (Phi) is 5.07. The van der Waals surface area contributed by atoms with Gasteiger partial charge >= 0.3 is 12.0 Å². The molecule has 1 aliphatic rings. The van der Waals surface area contributed by atoms with Gasteiger partial charge < -0.3 is 19.9 Å². The van der Waals surface area contributed by atoms with E-state index in [0.29, 0.717) is 37.4 Å². The highest BCUT2D eigenvalue weighted by Crippen LogP contribution is 2.27. The Balaban J connectivity index is 1.37. The number of hydrogen-bond acceptors (Lipinski definition) is 7. The first-order valence-electron chi connectivity index (χ1n) is 8.85. The Bertz CT molecular complexity index is 980. The molecular weight excluding hydrogens is 378 g/mol. The highest BCUT2D eigenvalue weighted by molar-refractivity contribution is 7.21. The van der Waals surface area contributed by atoms with E-state index < -0.39 is 5.97 Å². The molecule has 0 spiro atoms. The summed E-state index contributed by atoms with van der Waals surface area (Å²) in [6, 6.07) is 10.3. The van der Waals surface area contributed by atoms with Gasteiger partial charge in [-0.1, -0.05) is 17.4 Å². The van der Waals surface area contributed by atoms with Crippen molar-refractivity contribution in [1.29, 1.82) is 0 Å². The zero-order valence-corrected chi connectivity index (χ0v) is 16.1. The minimum atomic E-state index is -0.435. The molecule has 1 aliphatic heterocycles. The van der Waals surface area contributed by atoms with Crippen LogP contribution < -0.4 is 10.2 Å². The summed E-state index contributed by atoms with van der Waals surface area (Å²) in [5.41, 5.74) is 1.86. The Morgan fingerprint density at radius 1 is 1.14 bits per heavy atom. The van der Waals surface area contributed by atoms with E-state index in [2.05, 4.69) is 20.2 Å². The molecule has 0 bridgehead atoms. The summed E-state index contributed by atoms with van der Waals surface area (Å²) >= 11 is 1.56. The minimum Gasteiger partial charge on any atom is -0.465 e. The number of esters is 1. The van der Waals surface area contributed by atoms with Crippen LogP contribution in [0.5, 0.6) is 0 Å². The van der Waals surface area contributed by atoms with E-state index in [4.69, 9.17) is 4.74 Å². The lowest BCUT2D eigenvalue weighted by Gasteiger charge is -2.34. The molecule has 1 saturated heterocycles. The van der Waals surface area contributed by atoms with Gasteiger partial charge in [-0.2, -0.15) is 0 Å². The summed E-state index contributed by atoms with van der Waals surface area (Å²) < 4.78 is 4.71. The second kappa shape index (κ2) is 7.81. The number of rotatable bonds is 3. The molecule has 2 amide bonds. The first-order chi connectivity index (χ1) is 13.6. The van der Waals surface area contributed by atoms with Crippen LogP contribution in [0.25, 0.3) is 10.3 Å². The lowest BCUT2D eigenvalue weighted by Crippen LogP contribution is -2.50. The number of carbonyl (C=O) groups excluding carboxylic acids is 2. The molecular formula is C19H19N5O3S. The number of fused-ring (bicyclic) bond motifs is 1. The number of carbonyl (C=O) groups is 2. The van der Waals surface area contributed by atoms with Crippen LogP contribution in [0, 0.1) is 0 Å². The standard InChI is InChI=1S/C19H19N5O3S/c1-27-17(25)13-4-2-5-14(12-13)21-18(26)23-8-10-24(11-9-23)19-22-15-6-3-7-20-16(15)28-19/h2-7,12H,8-11H2,1H3,(H,21,26). The molecule has 1 fully saturated rings. The number of nitrogens with zero attached hydrogens (tertiary/aromatic N) is 4. The number of methoxy groups -OCH3 is 1. The summed E-state index contributed by atoms with van der Waals surface area (Å²) in [6.45, 7) is 2.59. The van der Waals surface area contributed by atoms with Crippen LogP contribution in [0.4, 0.5) is 15.6 Å². The van der Waals surface area contributed by atoms with Crippen molar-refractivity contribution < 1.29 is 14.3 Å². The highest BCUT2D eigenvalue weighted by atomic mass is 32.1. The summed E-state index contributed by atoms with van der Waals surface area (Å²) in [4.78, 5) is 38.0. The van der Waals surface area contributed by atoms with Gasteiger partial charge in [-0.25, -0.2) is 19.6 Å². The molecule has 3 heterocycles. The molecule has 0 unspecified atom stereocenters. The predicted octanol–water partition coefficient (Wildman–Crippen LogP) is 2.83. The molecule has 1 N–H and O–H groups in total. The number of aromatic nitrogens is 2. The number of nitrogens with one attached hydrogen (secondary N) is 1. The molecule has 1 aromatic carbocycles. The maximum absolute atomic E-state index is 12.6. The summed E-state index contributed by atoms with van der Waals surface area (Å²) in [7, 11) is 1.33. The fourth-order valence-corrected chi connectivity index (χ4v) is 4.00. The first kappa shape index (κ1) is 18.2. The van der Waals surface area contributed by atoms with E-state index in [0.717, 1.165) is 15.5 Å². The number of pyridine rings is 1. The van der Waals surface area contributed by atoms with Gasteiger partial charge in [-0.3, -0.25) is 0 Å². The Hall–Kier alpha value is -3.20. The van der Waals surface area contributed by atoms with Gasteiger partial charge in [0.05, 0.1) is 12.7 Å². The van der Waals surface area contributed by atoms with Crippen molar-refractivity contribution in [3.05, 3.63) is 48.2 Å². The highest BCUT2D eigenvalue weighted by Gasteiger charge is 2.23. The number of urea groups is 1. The third-order valence-corrected chi connectivity index (χ3v) is 5.57. The SMILES string of the molecule is COC(=O)c1cccc(NC(=O)N2CCN(c3nc4cccnc4s3)CC2)c1. The normalized spacial score (nSPS) is 14.2. The molecule has 0 atom stereocenters. The van der Waals surface area contributed by atoms with Crippen molar-refractivity contribution in [3.63, 3.8) is 0 Å². The van der Waals surface area contributed by atoms with Crippen LogP contribution in [0.2, 0.25) is 0 Å². The van der Waals surface area contributed by atoms with E-state index in [1.807, 2.05) is 12.1 Å². The number of hydrogen-bond donors (Lipinski definition) is 1. The van der Waals surface area contributed by atoms with Crippen LogP contribution >= 0.6 is 11.3 Å². The second-order valence-electron chi connectivity index (χ2n) is 6.30. The summed E-state index contributed by atoms with van der Waals surface area (Å²) in [6.07, 6.45) is 1.77. The molecule has 8 nitrogen and oxygen atoms in total. The van der Waals surface area contributed by atoms with Crippen LogP contribution in [-0.2, 0) is 4.74 Å².